The van der Waals surface area contributed by atoms with Crippen LogP contribution in [-0.2, 0) is 9.53 Å². The minimum atomic E-state index is -0.231. The van der Waals surface area contributed by atoms with Gasteiger partial charge in [0.2, 0.25) is 0 Å². The zero-order valence-electron chi connectivity index (χ0n) is 7.58. The summed E-state index contributed by atoms with van der Waals surface area (Å²) in [4.78, 5) is 10.3. The van der Waals surface area contributed by atoms with Gasteiger partial charge in [-0.15, -0.1) is 6.58 Å². The van der Waals surface area contributed by atoms with E-state index >= 15 is 0 Å². The highest BCUT2D eigenvalue weighted by atomic mass is 16.5. The SMILES string of the molecule is C=CCCCC=CCOC(C)=O. The van der Waals surface area contributed by atoms with Gasteiger partial charge in [-0.25, -0.2) is 0 Å². The van der Waals surface area contributed by atoms with Gasteiger partial charge in [-0.1, -0.05) is 18.2 Å². The molecule has 2 heteroatoms. The van der Waals surface area contributed by atoms with E-state index in [9.17, 15) is 4.79 Å². The summed E-state index contributed by atoms with van der Waals surface area (Å²) in [5, 5.41) is 0. The summed E-state index contributed by atoms with van der Waals surface area (Å²) in [6.07, 6.45) is 8.96. The molecular weight excluding hydrogens is 152 g/mol. The van der Waals surface area contributed by atoms with Gasteiger partial charge in [-0.2, -0.15) is 0 Å². The van der Waals surface area contributed by atoms with Crippen LogP contribution in [0.25, 0.3) is 0 Å². The Balaban J connectivity index is 3.14. The van der Waals surface area contributed by atoms with Crippen molar-refractivity contribution in [2.45, 2.75) is 26.2 Å². The van der Waals surface area contributed by atoms with E-state index in [0.717, 1.165) is 19.3 Å². The highest BCUT2D eigenvalue weighted by molar-refractivity contribution is 5.65. The number of ether oxygens (including phenoxy) is 1. The minimum Gasteiger partial charge on any atom is -0.462 e. The molecule has 0 aromatic carbocycles. The van der Waals surface area contributed by atoms with E-state index in [1.54, 1.807) is 0 Å². The lowest BCUT2D eigenvalue weighted by Crippen LogP contribution is -1.97. The number of carbonyl (C=O) groups excluding carboxylic acids is 1. The lowest BCUT2D eigenvalue weighted by Gasteiger charge is -1.94. The number of rotatable bonds is 6. The molecule has 0 aliphatic heterocycles. The number of unbranched alkanes of at least 4 members (excludes halogenated alkanes) is 2. The molecule has 0 rings (SSSR count). The summed E-state index contributed by atoms with van der Waals surface area (Å²) < 4.78 is 4.70. The van der Waals surface area contributed by atoms with Gasteiger partial charge in [0, 0.05) is 6.92 Å². The van der Waals surface area contributed by atoms with E-state index < -0.39 is 0 Å². The van der Waals surface area contributed by atoms with Gasteiger partial charge in [0.05, 0.1) is 0 Å². The highest BCUT2D eigenvalue weighted by Crippen LogP contribution is 1.96. The smallest absolute Gasteiger partial charge is 0.302 e. The molecule has 0 bridgehead atoms. The van der Waals surface area contributed by atoms with Crippen LogP contribution in [0.15, 0.2) is 24.8 Å². The van der Waals surface area contributed by atoms with E-state index in [2.05, 4.69) is 6.58 Å². The van der Waals surface area contributed by atoms with Crippen LogP contribution >= 0.6 is 0 Å². The molecule has 0 radical (unpaired) electrons. The molecule has 0 aliphatic rings. The quantitative estimate of drug-likeness (QED) is 0.346. The first-order valence-electron chi connectivity index (χ1n) is 4.16. The molecule has 12 heavy (non-hydrogen) atoms. The van der Waals surface area contributed by atoms with Crippen LogP contribution in [0.1, 0.15) is 26.2 Å². The summed E-state index contributed by atoms with van der Waals surface area (Å²) in [5.74, 6) is -0.231. The lowest BCUT2D eigenvalue weighted by atomic mass is 10.2. The van der Waals surface area contributed by atoms with Crippen LogP contribution in [0, 0.1) is 0 Å². The second-order valence-corrected chi connectivity index (χ2v) is 2.49. The van der Waals surface area contributed by atoms with Crippen LogP contribution < -0.4 is 0 Å². The van der Waals surface area contributed by atoms with Crippen LogP contribution in [0.2, 0.25) is 0 Å². The topological polar surface area (TPSA) is 26.3 Å². The maximum Gasteiger partial charge on any atom is 0.302 e. The van der Waals surface area contributed by atoms with Crippen molar-refractivity contribution < 1.29 is 9.53 Å². The van der Waals surface area contributed by atoms with Crippen molar-refractivity contribution in [2.24, 2.45) is 0 Å². The molecule has 0 fully saturated rings. The molecule has 0 saturated carbocycles. The molecular formula is C10H16O2. The number of esters is 1. The predicted octanol–water partition coefficient (Wildman–Crippen LogP) is 2.46. The molecule has 0 atom stereocenters. The second kappa shape index (κ2) is 8.05. The van der Waals surface area contributed by atoms with Crippen LogP contribution in [0.5, 0.6) is 0 Å². The first-order chi connectivity index (χ1) is 5.77. The fourth-order valence-corrected chi connectivity index (χ4v) is 0.731. The van der Waals surface area contributed by atoms with Crippen LogP contribution in [0.4, 0.5) is 0 Å². The Bertz CT molecular complexity index is 159. The molecule has 0 heterocycles. The van der Waals surface area contributed by atoms with Gasteiger partial charge >= 0.3 is 5.97 Å². The van der Waals surface area contributed by atoms with Crippen molar-refractivity contribution in [3.8, 4) is 0 Å². The first-order valence-corrected chi connectivity index (χ1v) is 4.16. The van der Waals surface area contributed by atoms with Gasteiger partial charge in [-0.05, 0) is 19.3 Å². The van der Waals surface area contributed by atoms with Crippen molar-refractivity contribution in [3.63, 3.8) is 0 Å². The lowest BCUT2D eigenvalue weighted by molar-refractivity contribution is -0.139. The molecule has 2 nitrogen and oxygen atoms in total. The molecule has 0 spiro atoms. The van der Waals surface area contributed by atoms with Gasteiger partial charge in [-0.3, -0.25) is 4.79 Å². The fourth-order valence-electron chi connectivity index (χ4n) is 0.731. The van der Waals surface area contributed by atoms with Crippen molar-refractivity contribution in [1.29, 1.82) is 0 Å². The fraction of sp³-hybridized carbons (Fsp3) is 0.500. The van der Waals surface area contributed by atoms with E-state index in [0.29, 0.717) is 6.61 Å². The van der Waals surface area contributed by atoms with Gasteiger partial charge < -0.3 is 4.74 Å². The zero-order chi connectivity index (χ0) is 9.23. The van der Waals surface area contributed by atoms with Gasteiger partial charge in [0.15, 0.2) is 0 Å². The van der Waals surface area contributed by atoms with Crippen molar-refractivity contribution >= 4 is 5.97 Å². The largest absolute Gasteiger partial charge is 0.462 e. The average molecular weight is 168 g/mol. The summed E-state index contributed by atoms with van der Waals surface area (Å²) in [5.41, 5.74) is 0. The van der Waals surface area contributed by atoms with E-state index in [-0.39, 0.29) is 5.97 Å². The molecule has 0 aromatic rings. The summed E-state index contributed by atoms with van der Waals surface area (Å²) >= 11 is 0. The molecule has 0 saturated heterocycles. The Kier molecular flexibility index (Phi) is 7.35. The molecule has 0 amide bonds. The maximum atomic E-state index is 10.3. The Labute approximate surface area is 73.9 Å². The summed E-state index contributed by atoms with van der Waals surface area (Å²) in [6, 6.07) is 0. The van der Waals surface area contributed by atoms with Crippen LogP contribution in [0.3, 0.4) is 0 Å². The predicted molar refractivity (Wildman–Crippen MR) is 49.8 cm³/mol. The third-order valence-corrected chi connectivity index (χ3v) is 1.33. The second-order valence-electron chi connectivity index (χ2n) is 2.49. The van der Waals surface area contributed by atoms with Crippen molar-refractivity contribution in [1.82, 2.24) is 0 Å². The number of allylic oxidation sites excluding steroid dienone is 2. The average Bonchev–Trinajstić information content (AvgIpc) is 2.02. The monoisotopic (exact) mass is 168 g/mol. The highest BCUT2D eigenvalue weighted by Gasteiger charge is 1.86. The van der Waals surface area contributed by atoms with Gasteiger partial charge in [0.25, 0.3) is 0 Å². The number of hydrogen-bond donors (Lipinski definition) is 0. The molecule has 0 unspecified atom stereocenters. The third-order valence-electron chi connectivity index (χ3n) is 1.33. The maximum absolute atomic E-state index is 10.3. The van der Waals surface area contributed by atoms with Crippen molar-refractivity contribution in [2.75, 3.05) is 6.61 Å². The third kappa shape index (κ3) is 8.95. The van der Waals surface area contributed by atoms with E-state index in [1.165, 1.54) is 6.92 Å². The summed E-state index contributed by atoms with van der Waals surface area (Å²) in [7, 11) is 0. The Hall–Kier alpha value is -1.05. The van der Waals surface area contributed by atoms with E-state index in [4.69, 9.17) is 4.74 Å². The Morgan fingerprint density at radius 1 is 1.42 bits per heavy atom. The number of carbonyl (C=O) groups is 1. The first kappa shape index (κ1) is 11.0. The van der Waals surface area contributed by atoms with E-state index in [1.807, 2.05) is 18.2 Å². The normalized spacial score (nSPS) is 10.1. The zero-order valence-corrected chi connectivity index (χ0v) is 7.58. The number of hydrogen-bond acceptors (Lipinski definition) is 2. The van der Waals surface area contributed by atoms with Gasteiger partial charge in [0.1, 0.15) is 6.61 Å². The Morgan fingerprint density at radius 3 is 2.75 bits per heavy atom. The standard InChI is InChI=1S/C10H16O2/c1-3-4-5-6-7-8-9-12-10(2)11/h3,7-8H,1,4-6,9H2,2H3. The Morgan fingerprint density at radius 2 is 2.17 bits per heavy atom. The minimum absolute atomic E-state index is 0.231. The molecule has 68 valence electrons. The molecule has 0 aliphatic carbocycles. The molecule has 0 N–H and O–H groups in total. The molecule has 0 aromatic heterocycles. The van der Waals surface area contributed by atoms with Crippen LogP contribution in [-0.4, -0.2) is 12.6 Å². The van der Waals surface area contributed by atoms with Crippen molar-refractivity contribution in [3.05, 3.63) is 24.8 Å². The summed E-state index contributed by atoms with van der Waals surface area (Å²) in [6.45, 7) is 5.42.